The van der Waals surface area contributed by atoms with E-state index in [1.165, 1.54) is 12.8 Å². The van der Waals surface area contributed by atoms with E-state index in [4.69, 9.17) is 11.6 Å². The molecule has 0 spiro atoms. The summed E-state index contributed by atoms with van der Waals surface area (Å²) in [6.45, 7) is 0. The smallest absolute Gasteiger partial charge is 0.0643 e. The molecule has 1 saturated carbocycles. The minimum absolute atomic E-state index is 0.662. The van der Waals surface area contributed by atoms with Crippen LogP contribution in [0.15, 0.2) is 18.2 Å². The standard InChI is InChI=1S/C9H9ClN/c10-8-3-1-2-4-9(8)11-7-5-6-7/h2-4,7,11H,5-6H2. The van der Waals surface area contributed by atoms with Gasteiger partial charge in [-0.25, -0.2) is 0 Å². The Morgan fingerprint density at radius 1 is 1.55 bits per heavy atom. The number of benzene rings is 1. The zero-order valence-corrected chi connectivity index (χ0v) is 6.86. The van der Waals surface area contributed by atoms with Gasteiger partial charge in [-0.3, -0.25) is 0 Å². The molecule has 57 valence electrons. The van der Waals surface area contributed by atoms with Crippen LogP contribution in [-0.2, 0) is 0 Å². The van der Waals surface area contributed by atoms with Crippen LogP contribution in [0, 0.1) is 6.07 Å². The molecule has 0 aliphatic heterocycles. The lowest BCUT2D eigenvalue weighted by molar-refractivity contribution is 1.16. The van der Waals surface area contributed by atoms with Crippen LogP contribution in [0.2, 0.25) is 5.02 Å². The van der Waals surface area contributed by atoms with Crippen molar-refractivity contribution in [1.29, 1.82) is 0 Å². The Hall–Kier alpha value is -0.690. The van der Waals surface area contributed by atoms with Gasteiger partial charge in [-0.1, -0.05) is 17.7 Å². The SMILES string of the molecule is Clc1c[c]ccc1NC1CC1. The van der Waals surface area contributed by atoms with Crippen LogP contribution >= 0.6 is 11.6 Å². The number of hydrogen-bond acceptors (Lipinski definition) is 1. The highest BCUT2D eigenvalue weighted by Crippen LogP contribution is 2.28. The van der Waals surface area contributed by atoms with Gasteiger partial charge in [0.25, 0.3) is 0 Å². The molecule has 1 nitrogen and oxygen atoms in total. The van der Waals surface area contributed by atoms with Crippen LogP contribution in [0.25, 0.3) is 0 Å². The average Bonchev–Trinajstić information content (AvgIpc) is 2.78. The predicted octanol–water partition coefficient (Wildman–Crippen LogP) is 2.71. The number of anilines is 1. The van der Waals surface area contributed by atoms with Gasteiger partial charge in [0.15, 0.2) is 0 Å². The largest absolute Gasteiger partial charge is 0.381 e. The molecule has 0 heterocycles. The Balaban J connectivity index is 2.15. The van der Waals surface area contributed by atoms with Gasteiger partial charge in [-0.2, -0.15) is 0 Å². The molecule has 1 aromatic carbocycles. The lowest BCUT2D eigenvalue weighted by Crippen LogP contribution is -2.00. The van der Waals surface area contributed by atoms with Crippen molar-refractivity contribution >= 4 is 17.3 Å². The Morgan fingerprint density at radius 2 is 2.36 bits per heavy atom. The molecule has 0 saturated heterocycles. The van der Waals surface area contributed by atoms with Gasteiger partial charge >= 0.3 is 0 Å². The van der Waals surface area contributed by atoms with Crippen molar-refractivity contribution < 1.29 is 0 Å². The molecular formula is C9H9ClN. The third kappa shape index (κ3) is 1.66. The van der Waals surface area contributed by atoms with Crippen LogP contribution in [0.3, 0.4) is 0 Å². The molecule has 11 heavy (non-hydrogen) atoms. The van der Waals surface area contributed by atoms with Crippen LogP contribution in [0.5, 0.6) is 0 Å². The van der Waals surface area contributed by atoms with Crippen molar-refractivity contribution in [3.05, 3.63) is 29.3 Å². The molecule has 0 unspecified atom stereocenters. The molecule has 0 aromatic heterocycles. The third-order valence-electron chi connectivity index (χ3n) is 1.75. The quantitative estimate of drug-likeness (QED) is 0.713. The van der Waals surface area contributed by atoms with E-state index in [1.807, 2.05) is 12.1 Å². The molecule has 1 aliphatic rings. The van der Waals surface area contributed by atoms with Gasteiger partial charge in [-0.15, -0.1) is 0 Å². The maximum atomic E-state index is 5.90. The number of nitrogens with one attached hydrogen (secondary N) is 1. The van der Waals surface area contributed by atoms with Gasteiger partial charge in [0.1, 0.15) is 0 Å². The minimum Gasteiger partial charge on any atom is -0.381 e. The van der Waals surface area contributed by atoms with E-state index in [2.05, 4.69) is 11.4 Å². The van der Waals surface area contributed by atoms with Gasteiger partial charge in [0.2, 0.25) is 0 Å². The summed E-state index contributed by atoms with van der Waals surface area (Å²) in [4.78, 5) is 0. The molecule has 0 atom stereocenters. The maximum Gasteiger partial charge on any atom is 0.0643 e. The van der Waals surface area contributed by atoms with Crippen molar-refractivity contribution in [2.75, 3.05) is 5.32 Å². The van der Waals surface area contributed by atoms with Crippen LogP contribution in [0.4, 0.5) is 5.69 Å². The summed E-state index contributed by atoms with van der Waals surface area (Å²) in [5.74, 6) is 0. The second kappa shape index (κ2) is 2.74. The summed E-state index contributed by atoms with van der Waals surface area (Å²) >= 11 is 5.90. The van der Waals surface area contributed by atoms with E-state index in [-0.39, 0.29) is 0 Å². The zero-order chi connectivity index (χ0) is 7.68. The van der Waals surface area contributed by atoms with E-state index in [9.17, 15) is 0 Å². The normalized spacial score (nSPS) is 16.5. The fraction of sp³-hybridized carbons (Fsp3) is 0.333. The van der Waals surface area contributed by atoms with E-state index in [0.29, 0.717) is 6.04 Å². The predicted molar refractivity (Wildman–Crippen MR) is 46.9 cm³/mol. The van der Waals surface area contributed by atoms with E-state index in [0.717, 1.165) is 10.7 Å². The molecule has 1 N–H and O–H groups in total. The van der Waals surface area contributed by atoms with Gasteiger partial charge in [0, 0.05) is 6.04 Å². The van der Waals surface area contributed by atoms with Gasteiger partial charge in [-0.05, 0) is 31.0 Å². The summed E-state index contributed by atoms with van der Waals surface area (Å²) in [5.41, 5.74) is 1.04. The molecule has 0 bridgehead atoms. The van der Waals surface area contributed by atoms with Gasteiger partial charge in [0.05, 0.1) is 10.7 Å². The molecule has 1 aliphatic carbocycles. The molecular weight excluding hydrogens is 158 g/mol. The topological polar surface area (TPSA) is 12.0 Å². The van der Waals surface area contributed by atoms with E-state index in [1.54, 1.807) is 6.07 Å². The highest BCUT2D eigenvalue weighted by molar-refractivity contribution is 6.33. The minimum atomic E-state index is 0.662. The highest BCUT2D eigenvalue weighted by Gasteiger charge is 2.21. The van der Waals surface area contributed by atoms with E-state index >= 15 is 0 Å². The summed E-state index contributed by atoms with van der Waals surface area (Å²) in [6.07, 6.45) is 2.55. The summed E-state index contributed by atoms with van der Waals surface area (Å²) in [5, 5.41) is 4.10. The Labute approximate surface area is 71.4 Å². The fourth-order valence-electron chi connectivity index (χ4n) is 0.975. The first-order chi connectivity index (χ1) is 5.36. The molecule has 2 rings (SSSR count). The lowest BCUT2D eigenvalue weighted by Gasteiger charge is -2.04. The molecule has 0 amide bonds. The first kappa shape index (κ1) is 6.99. The maximum absolute atomic E-state index is 5.90. The first-order valence-corrected chi connectivity index (χ1v) is 4.16. The second-order valence-electron chi connectivity index (χ2n) is 2.82. The van der Waals surface area contributed by atoms with Crippen molar-refractivity contribution in [3.63, 3.8) is 0 Å². The van der Waals surface area contributed by atoms with Crippen LogP contribution in [-0.4, -0.2) is 6.04 Å². The van der Waals surface area contributed by atoms with Crippen molar-refractivity contribution in [3.8, 4) is 0 Å². The summed E-state index contributed by atoms with van der Waals surface area (Å²) in [7, 11) is 0. The van der Waals surface area contributed by atoms with Crippen LogP contribution in [0.1, 0.15) is 12.8 Å². The number of hydrogen-bond donors (Lipinski definition) is 1. The monoisotopic (exact) mass is 166 g/mol. The lowest BCUT2D eigenvalue weighted by atomic mass is 10.3. The average molecular weight is 167 g/mol. The third-order valence-corrected chi connectivity index (χ3v) is 2.06. The summed E-state index contributed by atoms with van der Waals surface area (Å²) in [6, 6.07) is 9.20. The zero-order valence-electron chi connectivity index (χ0n) is 6.10. The number of halogens is 1. The van der Waals surface area contributed by atoms with Crippen molar-refractivity contribution in [2.24, 2.45) is 0 Å². The molecule has 1 fully saturated rings. The van der Waals surface area contributed by atoms with Gasteiger partial charge < -0.3 is 5.32 Å². The highest BCUT2D eigenvalue weighted by atomic mass is 35.5. The first-order valence-electron chi connectivity index (χ1n) is 3.78. The summed E-state index contributed by atoms with van der Waals surface area (Å²) < 4.78 is 0. The molecule has 2 heteroatoms. The Kier molecular flexibility index (Phi) is 1.74. The Morgan fingerprint density at radius 3 is 3.00 bits per heavy atom. The number of rotatable bonds is 2. The molecule has 1 aromatic rings. The van der Waals surface area contributed by atoms with Crippen molar-refractivity contribution in [1.82, 2.24) is 0 Å². The van der Waals surface area contributed by atoms with Crippen molar-refractivity contribution in [2.45, 2.75) is 18.9 Å². The second-order valence-corrected chi connectivity index (χ2v) is 3.23. The Bertz CT molecular complexity index is 255. The van der Waals surface area contributed by atoms with Crippen LogP contribution < -0.4 is 5.32 Å². The fourth-order valence-corrected chi connectivity index (χ4v) is 1.16. The van der Waals surface area contributed by atoms with E-state index < -0.39 is 0 Å². The molecule has 1 radical (unpaired) electrons.